The molecule has 0 aromatic heterocycles. The van der Waals surface area contributed by atoms with E-state index in [4.69, 9.17) is 0 Å². The molecule has 0 aliphatic heterocycles. The minimum atomic E-state index is -2.02. The van der Waals surface area contributed by atoms with Crippen LogP contribution in [0.25, 0.3) is 0 Å². The van der Waals surface area contributed by atoms with Gasteiger partial charge in [-0.3, -0.25) is 0 Å². The zero-order valence-corrected chi connectivity index (χ0v) is 14.6. The van der Waals surface area contributed by atoms with Gasteiger partial charge in [-0.1, -0.05) is 61.5 Å². The van der Waals surface area contributed by atoms with Crippen molar-refractivity contribution in [3.8, 4) is 0 Å². The van der Waals surface area contributed by atoms with Gasteiger partial charge in [0.1, 0.15) is 16.8 Å². The highest BCUT2D eigenvalue weighted by atomic mass is 16.4. The summed E-state index contributed by atoms with van der Waals surface area (Å²) in [5.41, 5.74) is -3.60. The minimum Gasteiger partial charge on any atom is -0.393 e. The summed E-state index contributed by atoms with van der Waals surface area (Å²) < 4.78 is 0. The van der Waals surface area contributed by atoms with Gasteiger partial charge in [-0.15, -0.1) is 0 Å². The van der Waals surface area contributed by atoms with E-state index in [1.807, 2.05) is 25.1 Å². The molecule has 0 saturated heterocycles. The van der Waals surface area contributed by atoms with Crippen LogP contribution in [0.1, 0.15) is 35.4 Å². The average molecular weight is 356 g/mol. The van der Waals surface area contributed by atoms with E-state index in [0.29, 0.717) is 11.1 Å². The molecule has 0 heterocycles. The van der Waals surface area contributed by atoms with E-state index < -0.39 is 41.3 Å². The third kappa shape index (κ3) is 1.77. The monoisotopic (exact) mass is 356 g/mol. The smallest absolute Gasteiger partial charge is 0.137 e. The molecule has 2 aliphatic rings. The summed E-state index contributed by atoms with van der Waals surface area (Å²) in [6.07, 6.45) is -0.403. The Labute approximate surface area is 152 Å². The summed E-state index contributed by atoms with van der Waals surface area (Å²) in [5, 5.41) is 54.2. The lowest BCUT2D eigenvalue weighted by Crippen LogP contribution is -2.98. The van der Waals surface area contributed by atoms with Gasteiger partial charge < -0.3 is 25.5 Å². The SMILES string of the molecule is CCc1ccc(C2[C@]3(O)C(O)C(c4ccccc4)[C@]3(O)[C@]2(O)CO)cc1. The van der Waals surface area contributed by atoms with Crippen LogP contribution in [-0.2, 0) is 6.42 Å². The molecule has 3 unspecified atom stereocenters. The molecule has 0 amide bonds. The number of aliphatic hydroxyl groups is 5. The molecule has 5 heteroatoms. The number of rotatable bonds is 4. The number of aliphatic hydroxyl groups excluding tert-OH is 2. The Hall–Kier alpha value is -1.76. The van der Waals surface area contributed by atoms with Crippen molar-refractivity contribution in [3.05, 3.63) is 71.3 Å². The van der Waals surface area contributed by atoms with Gasteiger partial charge >= 0.3 is 0 Å². The standard InChI is InChI=1S/C21H24O5/c1-2-13-8-10-15(11-9-13)17-19(24,12-22)21(26)16(18(23)20(17,21)25)14-6-4-3-5-7-14/h3-11,16-18,22-26H,2,12H2,1H3/t16?,17?,18?,19-,20-,21-/m0/s1. The largest absolute Gasteiger partial charge is 0.393 e. The highest BCUT2D eigenvalue weighted by Gasteiger charge is 2.92. The molecule has 0 spiro atoms. The van der Waals surface area contributed by atoms with Gasteiger partial charge in [0, 0.05) is 5.92 Å². The Balaban J connectivity index is 1.78. The summed E-state index contributed by atoms with van der Waals surface area (Å²) in [4.78, 5) is 0. The first-order chi connectivity index (χ1) is 12.4. The predicted molar refractivity (Wildman–Crippen MR) is 95.7 cm³/mol. The van der Waals surface area contributed by atoms with Gasteiger partial charge in [0.25, 0.3) is 0 Å². The van der Waals surface area contributed by atoms with Crippen LogP contribution < -0.4 is 0 Å². The van der Waals surface area contributed by atoms with Crippen molar-refractivity contribution in [1.82, 2.24) is 0 Å². The van der Waals surface area contributed by atoms with Crippen molar-refractivity contribution in [1.29, 1.82) is 0 Å². The molecule has 2 aromatic rings. The number of benzene rings is 2. The second kappa shape index (κ2) is 5.62. The van der Waals surface area contributed by atoms with Gasteiger partial charge in [-0.05, 0) is 23.1 Å². The predicted octanol–water partition coefficient (Wildman–Crippen LogP) is 0.690. The van der Waals surface area contributed by atoms with Crippen molar-refractivity contribution in [2.45, 2.75) is 48.1 Å². The van der Waals surface area contributed by atoms with E-state index in [0.717, 1.165) is 12.0 Å². The molecule has 138 valence electrons. The maximum absolute atomic E-state index is 11.2. The summed E-state index contributed by atoms with van der Waals surface area (Å²) in [6.45, 7) is 1.30. The quantitative estimate of drug-likeness (QED) is 0.555. The number of hydrogen-bond acceptors (Lipinski definition) is 5. The van der Waals surface area contributed by atoms with Crippen LogP contribution in [0.15, 0.2) is 54.6 Å². The fraction of sp³-hybridized carbons (Fsp3) is 0.429. The number of aryl methyl sites for hydroxylation is 1. The van der Waals surface area contributed by atoms with Crippen LogP contribution in [0.4, 0.5) is 0 Å². The minimum absolute atomic E-state index is 0.580. The lowest BCUT2D eigenvalue weighted by atomic mass is 9.31. The van der Waals surface area contributed by atoms with Crippen LogP contribution >= 0.6 is 0 Å². The normalized spacial score (nSPS) is 41.1. The average Bonchev–Trinajstić information content (AvgIpc) is 2.68. The molecule has 5 N–H and O–H groups in total. The highest BCUT2D eigenvalue weighted by molar-refractivity contribution is 5.54. The zero-order chi connectivity index (χ0) is 18.7. The van der Waals surface area contributed by atoms with E-state index in [-0.39, 0.29) is 0 Å². The molecule has 2 aliphatic carbocycles. The maximum atomic E-state index is 11.2. The molecular weight excluding hydrogens is 332 g/mol. The van der Waals surface area contributed by atoms with E-state index >= 15 is 0 Å². The van der Waals surface area contributed by atoms with Crippen molar-refractivity contribution >= 4 is 0 Å². The van der Waals surface area contributed by atoms with Crippen LogP contribution in [0.3, 0.4) is 0 Å². The summed E-state index contributed by atoms with van der Waals surface area (Å²) in [5.74, 6) is -1.86. The third-order valence-electron chi connectivity index (χ3n) is 6.53. The Morgan fingerprint density at radius 1 is 0.885 bits per heavy atom. The van der Waals surface area contributed by atoms with E-state index in [1.54, 1.807) is 36.4 Å². The Morgan fingerprint density at radius 3 is 2.04 bits per heavy atom. The summed E-state index contributed by atoms with van der Waals surface area (Å²) >= 11 is 0. The topological polar surface area (TPSA) is 101 Å². The van der Waals surface area contributed by atoms with Gasteiger partial charge in [-0.2, -0.15) is 0 Å². The molecule has 2 fully saturated rings. The number of fused-ring (bicyclic) bond motifs is 1. The fourth-order valence-electron chi connectivity index (χ4n) is 5.15. The van der Waals surface area contributed by atoms with E-state index in [1.165, 1.54) is 0 Å². The lowest BCUT2D eigenvalue weighted by molar-refractivity contribution is -0.448. The highest BCUT2D eigenvalue weighted by Crippen LogP contribution is 2.74. The van der Waals surface area contributed by atoms with Gasteiger partial charge in [0.2, 0.25) is 0 Å². The number of hydrogen-bond donors (Lipinski definition) is 5. The maximum Gasteiger partial charge on any atom is 0.137 e. The van der Waals surface area contributed by atoms with Gasteiger partial charge in [0.15, 0.2) is 0 Å². The van der Waals surface area contributed by atoms with Gasteiger partial charge in [0.05, 0.1) is 18.6 Å². The van der Waals surface area contributed by atoms with Crippen molar-refractivity contribution < 1.29 is 25.5 Å². The second-order valence-electron chi connectivity index (χ2n) is 7.54. The van der Waals surface area contributed by atoms with Crippen LogP contribution in [-0.4, -0.2) is 55.0 Å². The van der Waals surface area contributed by atoms with Crippen molar-refractivity contribution in [2.24, 2.45) is 0 Å². The molecule has 2 aromatic carbocycles. The molecule has 0 radical (unpaired) electrons. The summed E-state index contributed by atoms with van der Waals surface area (Å²) in [7, 11) is 0. The summed E-state index contributed by atoms with van der Waals surface area (Å²) in [6, 6.07) is 16.1. The molecule has 6 atom stereocenters. The molecule has 0 bridgehead atoms. The first-order valence-electron chi connectivity index (χ1n) is 8.96. The van der Waals surface area contributed by atoms with E-state index in [9.17, 15) is 25.5 Å². The first-order valence-corrected chi connectivity index (χ1v) is 8.96. The van der Waals surface area contributed by atoms with E-state index in [2.05, 4.69) is 0 Å². The Bertz CT molecular complexity index is 795. The Morgan fingerprint density at radius 2 is 1.50 bits per heavy atom. The van der Waals surface area contributed by atoms with Gasteiger partial charge in [-0.25, -0.2) is 0 Å². The Kier molecular flexibility index (Phi) is 3.81. The first kappa shape index (κ1) is 17.6. The lowest BCUT2D eigenvalue weighted by Gasteiger charge is -2.79. The van der Waals surface area contributed by atoms with Crippen LogP contribution in [0.5, 0.6) is 0 Å². The molecule has 5 nitrogen and oxygen atoms in total. The third-order valence-corrected chi connectivity index (χ3v) is 6.53. The second-order valence-corrected chi connectivity index (χ2v) is 7.54. The molecule has 2 saturated carbocycles. The van der Waals surface area contributed by atoms with Crippen molar-refractivity contribution in [2.75, 3.05) is 6.61 Å². The molecule has 26 heavy (non-hydrogen) atoms. The molecule has 4 rings (SSSR count). The van der Waals surface area contributed by atoms with Crippen LogP contribution in [0, 0.1) is 0 Å². The van der Waals surface area contributed by atoms with Crippen LogP contribution in [0.2, 0.25) is 0 Å². The van der Waals surface area contributed by atoms with Crippen molar-refractivity contribution in [3.63, 3.8) is 0 Å². The fourth-order valence-corrected chi connectivity index (χ4v) is 5.15. The molecular formula is C21H24O5. The zero-order valence-electron chi connectivity index (χ0n) is 14.6.